The number of amides is 1. The summed E-state index contributed by atoms with van der Waals surface area (Å²) in [6.07, 6.45) is 7.08. The highest BCUT2D eigenvalue weighted by Gasteiger charge is 2.40. The zero-order valence-corrected chi connectivity index (χ0v) is 14.8. The lowest BCUT2D eigenvalue weighted by Gasteiger charge is -2.31. The van der Waals surface area contributed by atoms with Gasteiger partial charge in [0.05, 0.1) is 6.04 Å². The third-order valence-corrected chi connectivity index (χ3v) is 6.04. The lowest BCUT2D eigenvalue weighted by molar-refractivity contribution is -0.134. The van der Waals surface area contributed by atoms with E-state index in [4.69, 9.17) is 11.6 Å². The number of halogens is 2. The largest absolute Gasteiger partial charge is 0.337 e. The molecule has 0 spiro atoms. The van der Waals surface area contributed by atoms with E-state index in [9.17, 15) is 4.79 Å². The normalized spacial score (nSPS) is 29.4. The molecule has 2 fully saturated rings. The fourth-order valence-corrected chi connectivity index (χ4v) is 4.77. The molecule has 126 valence electrons. The fraction of sp³-hybridized carbons (Fsp3) is 0.611. The quantitative estimate of drug-likeness (QED) is 0.835. The van der Waals surface area contributed by atoms with Crippen molar-refractivity contribution in [3.05, 3.63) is 34.3 Å². The van der Waals surface area contributed by atoms with Gasteiger partial charge in [-0.3, -0.25) is 4.79 Å². The van der Waals surface area contributed by atoms with Crippen LogP contribution in [0, 0.1) is 5.92 Å². The molecule has 2 aliphatic heterocycles. The first-order valence-electron chi connectivity index (χ1n) is 8.53. The molecule has 1 aliphatic carbocycles. The Kier molecular flexibility index (Phi) is 5.19. The fourth-order valence-electron chi connectivity index (χ4n) is 4.48. The molecule has 1 aromatic rings. The first kappa shape index (κ1) is 17.1. The van der Waals surface area contributed by atoms with E-state index in [1.54, 1.807) is 0 Å². The Balaban J connectivity index is 0.00000156. The van der Waals surface area contributed by atoms with Crippen molar-refractivity contribution in [2.45, 2.75) is 57.2 Å². The summed E-state index contributed by atoms with van der Waals surface area (Å²) < 4.78 is 0. The highest BCUT2D eigenvalue weighted by atomic mass is 35.5. The van der Waals surface area contributed by atoms with Crippen LogP contribution in [0.25, 0.3) is 0 Å². The highest BCUT2D eigenvalue weighted by Crippen LogP contribution is 2.34. The Labute approximate surface area is 149 Å². The maximum absolute atomic E-state index is 12.9. The minimum Gasteiger partial charge on any atom is -0.337 e. The van der Waals surface area contributed by atoms with Crippen molar-refractivity contribution in [3.8, 4) is 0 Å². The van der Waals surface area contributed by atoms with E-state index in [1.807, 2.05) is 17.0 Å². The summed E-state index contributed by atoms with van der Waals surface area (Å²) in [5.74, 6) is 1.01. The van der Waals surface area contributed by atoms with Crippen molar-refractivity contribution in [2.75, 3.05) is 6.54 Å². The molecule has 3 unspecified atom stereocenters. The molecule has 0 bridgehead atoms. The number of nitrogens with zero attached hydrogens (tertiary/aromatic N) is 1. The summed E-state index contributed by atoms with van der Waals surface area (Å²) in [5, 5.41) is 4.45. The number of rotatable bonds is 1. The van der Waals surface area contributed by atoms with E-state index < -0.39 is 0 Å². The van der Waals surface area contributed by atoms with Crippen LogP contribution >= 0.6 is 24.0 Å². The number of fused-ring (bicyclic) bond motifs is 2. The molecule has 1 saturated carbocycles. The van der Waals surface area contributed by atoms with E-state index in [0.29, 0.717) is 24.4 Å². The number of benzene rings is 1. The molecule has 1 amide bonds. The van der Waals surface area contributed by atoms with Crippen LogP contribution in [0.15, 0.2) is 18.2 Å². The third kappa shape index (κ3) is 3.24. The second kappa shape index (κ2) is 7.00. The van der Waals surface area contributed by atoms with Crippen LogP contribution in [0.1, 0.15) is 43.2 Å². The minimum absolute atomic E-state index is 0. The SMILES string of the molecule is Cl.O=C(C1CC2CCCCC2N1)N1CCc2c(Cl)cccc2C1. The predicted octanol–water partition coefficient (Wildman–Crippen LogP) is 3.57. The summed E-state index contributed by atoms with van der Waals surface area (Å²) in [5.41, 5.74) is 2.43. The molecule has 5 heteroatoms. The molecule has 0 aromatic heterocycles. The van der Waals surface area contributed by atoms with E-state index in [-0.39, 0.29) is 18.4 Å². The zero-order chi connectivity index (χ0) is 15.1. The average molecular weight is 355 g/mol. The van der Waals surface area contributed by atoms with Crippen LogP contribution in [-0.4, -0.2) is 29.4 Å². The Morgan fingerprint density at radius 2 is 2.09 bits per heavy atom. The van der Waals surface area contributed by atoms with Crippen LogP contribution in [0.4, 0.5) is 0 Å². The molecule has 1 aromatic carbocycles. The van der Waals surface area contributed by atoms with Gasteiger partial charge in [0.25, 0.3) is 0 Å². The van der Waals surface area contributed by atoms with Crippen molar-refractivity contribution >= 4 is 29.9 Å². The molecule has 3 aliphatic rings. The monoisotopic (exact) mass is 354 g/mol. The second-order valence-electron chi connectivity index (χ2n) is 6.99. The van der Waals surface area contributed by atoms with Crippen LogP contribution < -0.4 is 5.32 Å². The van der Waals surface area contributed by atoms with Gasteiger partial charge in [-0.25, -0.2) is 0 Å². The Morgan fingerprint density at radius 3 is 2.91 bits per heavy atom. The van der Waals surface area contributed by atoms with Gasteiger partial charge >= 0.3 is 0 Å². The van der Waals surface area contributed by atoms with Crippen LogP contribution in [0.2, 0.25) is 5.02 Å². The maximum atomic E-state index is 12.9. The number of hydrogen-bond acceptors (Lipinski definition) is 2. The molecule has 3 nitrogen and oxygen atoms in total. The lowest BCUT2D eigenvalue weighted by atomic mass is 9.85. The number of carbonyl (C=O) groups excluding carboxylic acids is 1. The Morgan fingerprint density at radius 1 is 1.26 bits per heavy atom. The van der Waals surface area contributed by atoms with Crippen LogP contribution in [0.5, 0.6) is 0 Å². The molecule has 0 radical (unpaired) electrons. The lowest BCUT2D eigenvalue weighted by Crippen LogP contribution is -2.47. The Bertz CT molecular complexity index is 578. The molecule has 23 heavy (non-hydrogen) atoms. The van der Waals surface area contributed by atoms with Crippen molar-refractivity contribution in [1.82, 2.24) is 10.2 Å². The van der Waals surface area contributed by atoms with E-state index in [1.165, 1.54) is 36.8 Å². The second-order valence-corrected chi connectivity index (χ2v) is 7.40. The van der Waals surface area contributed by atoms with Gasteiger partial charge in [-0.2, -0.15) is 0 Å². The summed E-state index contributed by atoms with van der Waals surface area (Å²) in [6, 6.07) is 6.64. The van der Waals surface area contributed by atoms with Crippen molar-refractivity contribution in [2.24, 2.45) is 5.92 Å². The third-order valence-electron chi connectivity index (χ3n) is 5.68. The number of hydrogen-bond donors (Lipinski definition) is 1. The summed E-state index contributed by atoms with van der Waals surface area (Å²) in [4.78, 5) is 14.9. The van der Waals surface area contributed by atoms with Gasteiger partial charge in [0.1, 0.15) is 0 Å². The van der Waals surface area contributed by atoms with Gasteiger partial charge in [-0.15, -0.1) is 12.4 Å². The van der Waals surface area contributed by atoms with Gasteiger partial charge in [0.15, 0.2) is 0 Å². The smallest absolute Gasteiger partial charge is 0.240 e. The molecule has 3 atom stereocenters. The molecule has 1 N–H and O–H groups in total. The molecular weight excluding hydrogens is 331 g/mol. The number of carbonyl (C=O) groups is 1. The molecular formula is C18H24Cl2N2O. The topological polar surface area (TPSA) is 32.3 Å². The maximum Gasteiger partial charge on any atom is 0.240 e. The van der Waals surface area contributed by atoms with E-state index in [0.717, 1.165) is 24.4 Å². The predicted molar refractivity (Wildman–Crippen MR) is 95.1 cm³/mol. The highest BCUT2D eigenvalue weighted by molar-refractivity contribution is 6.31. The van der Waals surface area contributed by atoms with Gasteiger partial charge in [0.2, 0.25) is 5.91 Å². The summed E-state index contributed by atoms with van der Waals surface area (Å²) in [6.45, 7) is 1.51. The summed E-state index contributed by atoms with van der Waals surface area (Å²) in [7, 11) is 0. The van der Waals surface area contributed by atoms with Crippen LogP contribution in [0.3, 0.4) is 0 Å². The number of nitrogens with one attached hydrogen (secondary N) is 1. The Hall–Kier alpha value is -0.770. The summed E-state index contributed by atoms with van der Waals surface area (Å²) >= 11 is 6.26. The van der Waals surface area contributed by atoms with Crippen molar-refractivity contribution in [1.29, 1.82) is 0 Å². The van der Waals surface area contributed by atoms with Crippen LogP contribution in [-0.2, 0) is 17.8 Å². The minimum atomic E-state index is 0. The molecule has 2 heterocycles. The molecule has 1 saturated heterocycles. The zero-order valence-electron chi connectivity index (χ0n) is 13.3. The first-order chi connectivity index (χ1) is 10.7. The van der Waals surface area contributed by atoms with E-state index >= 15 is 0 Å². The first-order valence-corrected chi connectivity index (χ1v) is 8.91. The molecule has 4 rings (SSSR count). The van der Waals surface area contributed by atoms with Gasteiger partial charge < -0.3 is 10.2 Å². The van der Waals surface area contributed by atoms with Crippen molar-refractivity contribution in [3.63, 3.8) is 0 Å². The van der Waals surface area contributed by atoms with Gasteiger partial charge in [-0.1, -0.05) is 36.6 Å². The van der Waals surface area contributed by atoms with Gasteiger partial charge in [0, 0.05) is 24.2 Å². The van der Waals surface area contributed by atoms with Gasteiger partial charge in [-0.05, 0) is 48.8 Å². The van der Waals surface area contributed by atoms with Crippen molar-refractivity contribution < 1.29 is 4.79 Å². The average Bonchev–Trinajstić information content (AvgIpc) is 2.98. The van der Waals surface area contributed by atoms with E-state index in [2.05, 4.69) is 11.4 Å². The standard InChI is InChI=1S/C18H23ClN2O.ClH/c19-15-6-3-5-13-11-21(9-8-14(13)15)18(22)17-10-12-4-1-2-7-16(12)20-17;/h3,5-6,12,16-17,20H,1-2,4,7-11H2;1H.